The molecule has 0 aromatic heterocycles. The summed E-state index contributed by atoms with van der Waals surface area (Å²) in [7, 11) is 0. The molecule has 1 aromatic carbocycles. The van der Waals surface area contributed by atoms with Gasteiger partial charge in [0, 0.05) is 17.6 Å². The zero-order chi connectivity index (χ0) is 17.5. The Morgan fingerprint density at radius 3 is 2.32 bits per heavy atom. The minimum atomic E-state index is 0.682. The summed E-state index contributed by atoms with van der Waals surface area (Å²) in [5, 5.41) is 0.966. The van der Waals surface area contributed by atoms with Gasteiger partial charge in [0.2, 0.25) is 0 Å². The van der Waals surface area contributed by atoms with E-state index in [1.165, 1.54) is 75.3 Å². The molecule has 1 aromatic rings. The molecule has 0 radical (unpaired) electrons. The fourth-order valence-corrected chi connectivity index (χ4v) is 5.04. The largest absolute Gasteiger partial charge is 0.297 e. The molecule has 2 saturated carbocycles. The van der Waals surface area contributed by atoms with Gasteiger partial charge >= 0.3 is 0 Å². The van der Waals surface area contributed by atoms with Gasteiger partial charge in [-0.15, -0.1) is 0 Å². The topological polar surface area (TPSA) is 3.24 Å². The number of benzene rings is 1. The molecule has 2 fully saturated rings. The number of rotatable bonds is 6. The van der Waals surface area contributed by atoms with Crippen molar-refractivity contribution in [3.63, 3.8) is 0 Å². The van der Waals surface area contributed by atoms with Crippen molar-refractivity contribution in [3.05, 3.63) is 40.4 Å². The van der Waals surface area contributed by atoms with Crippen LogP contribution in [0, 0.1) is 0 Å². The van der Waals surface area contributed by atoms with E-state index in [1.807, 2.05) is 0 Å². The van der Waals surface area contributed by atoms with Crippen LogP contribution in [0.5, 0.6) is 0 Å². The molecule has 2 heteroatoms. The second kappa shape index (κ2) is 9.78. The van der Waals surface area contributed by atoms with Crippen molar-refractivity contribution in [1.29, 1.82) is 0 Å². The highest BCUT2D eigenvalue weighted by Crippen LogP contribution is 2.36. The summed E-state index contributed by atoms with van der Waals surface area (Å²) < 4.78 is 0. The monoisotopic (exact) mass is 359 g/mol. The van der Waals surface area contributed by atoms with E-state index in [4.69, 9.17) is 11.6 Å². The summed E-state index contributed by atoms with van der Waals surface area (Å²) in [6, 6.07) is 7.49. The SMILES string of the molecule is CCN(C/C=C/c1ccc(C2CCCCC2)c(Cl)c1)C1CCCCC1. The molecule has 2 aliphatic carbocycles. The van der Waals surface area contributed by atoms with Gasteiger partial charge in [-0.1, -0.05) is 81.3 Å². The molecular weight excluding hydrogens is 326 g/mol. The van der Waals surface area contributed by atoms with E-state index in [0.717, 1.165) is 24.2 Å². The molecule has 3 rings (SSSR count). The number of hydrogen-bond donors (Lipinski definition) is 0. The molecule has 2 aliphatic rings. The Morgan fingerprint density at radius 1 is 1.00 bits per heavy atom. The molecule has 0 spiro atoms. The summed E-state index contributed by atoms with van der Waals surface area (Å²) in [5.74, 6) is 0.682. The van der Waals surface area contributed by atoms with Gasteiger partial charge in [0.25, 0.3) is 0 Å². The summed E-state index contributed by atoms with van der Waals surface area (Å²) in [4.78, 5) is 2.63. The van der Waals surface area contributed by atoms with E-state index in [9.17, 15) is 0 Å². The Bertz CT molecular complexity index is 553. The maximum atomic E-state index is 6.61. The average Bonchev–Trinajstić information content (AvgIpc) is 2.67. The molecule has 1 nitrogen and oxygen atoms in total. The van der Waals surface area contributed by atoms with Gasteiger partial charge in [0.1, 0.15) is 0 Å². The third-order valence-corrected chi connectivity index (χ3v) is 6.54. The first-order valence-electron chi connectivity index (χ1n) is 10.5. The molecule has 0 amide bonds. The average molecular weight is 360 g/mol. The van der Waals surface area contributed by atoms with Crippen molar-refractivity contribution in [1.82, 2.24) is 4.90 Å². The molecule has 138 valence electrons. The predicted molar refractivity (Wildman–Crippen MR) is 110 cm³/mol. The fourth-order valence-electron chi connectivity index (χ4n) is 4.70. The van der Waals surface area contributed by atoms with Gasteiger partial charge in [-0.25, -0.2) is 0 Å². The van der Waals surface area contributed by atoms with Gasteiger partial charge in [0.05, 0.1) is 0 Å². The van der Waals surface area contributed by atoms with Crippen molar-refractivity contribution in [3.8, 4) is 0 Å². The lowest BCUT2D eigenvalue weighted by Gasteiger charge is -2.32. The summed E-state index contributed by atoms with van der Waals surface area (Å²) in [6.07, 6.45) is 18.3. The minimum Gasteiger partial charge on any atom is -0.297 e. The van der Waals surface area contributed by atoms with Gasteiger partial charge < -0.3 is 0 Å². The molecule has 0 bridgehead atoms. The standard InChI is InChI=1S/C23H34ClN/c1-2-25(21-13-7-4-8-14-21)17-9-10-19-15-16-22(23(24)18-19)20-11-5-3-6-12-20/h9-10,15-16,18,20-21H,2-8,11-14,17H2,1H3/b10-9+. The highest BCUT2D eigenvalue weighted by Gasteiger charge is 2.19. The highest BCUT2D eigenvalue weighted by molar-refractivity contribution is 6.31. The molecule has 25 heavy (non-hydrogen) atoms. The second-order valence-electron chi connectivity index (χ2n) is 7.90. The van der Waals surface area contributed by atoms with Gasteiger partial charge in [-0.05, 0) is 55.3 Å². The molecule has 0 heterocycles. The second-order valence-corrected chi connectivity index (χ2v) is 8.30. The van der Waals surface area contributed by atoms with E-state index in [1.54, 1.807) is 0 Å². The number of nitrogens with zero attached hydrogens (tertiary/aromatic N) is 1. The molecule has 0 aliphatic heterocycles. The maximum Gasteiger partial charge on any atom is 0.0446 e. The van der Waals surface area contributed by atoms with Crippen LogP contribution in [-0.2, 0) is 0 Å². The molecule has 0 unspecified atom stereocenters. The smallest absolute Gasteiger partial charge is 0.0446 e. The number of likely N-dealkylation sites (N-methyl/N-ethyl adjacent to an activating group) is 1. The first-order chi connectivity index (χ1) is 12.3. The maximum absolute atomic E-state index is 6.61. The van der Waals surface area contributed by atoms with Crippen LogP contribution >= 0.6 is 11.6 Å². The van der Waals surface area contributed by atoms with Crippen LogP contribution in [-0.4, -0.2) is 24.0 Å². The third kappa shape index (κ3) is 5.34. The lowest BCUT2D eigenvalue weighted by atomic mass is 9.84. The third-order valence-electron chi connectivity index (χ3n) is 6.22. The van der Waals surface area contributed by atoms with Crippen molar-refractivity contribution < 1.29 is 0 Å². The number of halogens is 1. The summed E-state index contributed by atoms with van der Waals surface area (Å²) >= 11 is 6.61. The van der Waals surface area contributed by atoms with Crippen LogP contribution in [0.15, 0.2) is 24.3 Å². The fraction of sp³-hybridized carbons (Fsp3) is 0.652. The minimum absolute atomic E-state index is 0.682. The van der Waals surface area contributed by atoms with E-state index >= 15 is 0 Å². The van der Waals surface area contributed by atoms with Crippen molar-refractivity contribution in [2.45, 2.75) is 83.1 Å². The van der Waals surface area contributed by atoms with Crippen LogP contribution in [0.3, 0.4) is 0 Å². The summed E-state index contributed by atoms with van der Waals surface area (Å²) in [5.41, 5.74) is 2.61. The summed E-state index contributed by atoms with van der Waals surface area (Å²) in [6.45, 7) is 4.50. The Hall–Kier alpha value is -0.790. The first kappa shape index (κ1) is 19.0. The van der Waals surface area contributed by atoms with Gasteiger partial charge in [0.15, 0.2) is 0 Å². The Balaban J connectivity index is 1.58. The van der Waals surface area contributed by atoms with Crippen LogP contribution in [0.25, 0.3) is 6.08 Å². The molecule has 0 N–H and O–H groups in total. The predicted octanol–water partition coefficient (Wildman–Crippen LogP) is 7.06. The molecular formula is C23H34ClN. The Morgan fingerprint density at radius 2 is 1.68 bits per heavy atom. The van der Waals surface area contributed by atoms with Crippen LogP contribution < -0.4 is 0 Å². The van der Waals surface area contributed by atoms with Crippen LogP contribution in [0.2, 0.25) is 5.02 Å². The van der Waals surface area contributed by atoms with Crippen molar-refractivity contribution in [2.75, 3.05) is 13.1 Å². The molecule has 0 saturated heterocycles. The van der Waals surface area contributed by atoms with Crippen molar-refractivity contribution in [2.24, 2.45) is 0 Å². The lowest BCUT2D eigenvalue weighted by Crippen LogP contribution is -2.36. The quantitative estimate of drug-likeness (QED) is 0.525. The number of hydrogen-bond acceptors (Lipinski definition) is 1. The van der Waals surface area contributed by atoms with E-state index in [-0.39, 0.29) is 0 Å². The lowest BCUT2D eigenvalue weighted by molar-refractivity contribution is 0.181. The van der Waals surface area contributed by atoms with Crippen LogP contribution in [0.1, 0.15) is 88.2 Å². The normalized spacial score (nSPS) is 20.6. The van der Waals surface area contributed by atoms with E-state index in [0.29, 0.717) is 5.92 Å². The van der Waals surface area contributed by atoms with Gasteiger partial charge in [-0.2, -0.15) is 0 Å². The van der Waals surface area contributed by atoms with Crippen LogP contribution in [0.4, 0.5) is 0 Å². The Kier molecular flexibility index (Phi) is 7.43. The highest BCUT2D eigenvalue weighted by atomic mass is 35.5. The van der Waals surface area contributed by atoms with E-state index in [2.05, 4.69) is 42.2 Å². The zero-order valence-corrected chi connectivity index (χ0v) is 16.6. The van der Waals surface area contributed by atoms with E-state index < -0.39 is 0 Å². The Labute approximate surface area is 159 Å². The zero-order valence-electron chi connectivity index (χ0n) is 15.9. The molecule has 0 atom stereocenters. The van der Waals surface area contributed by atoms with Crippen molar-refractivity contribution >= 4 is 17.7 Å². The van der Waals surface area contributed by atoms with Gasteiger partial charge in [-0.3, -0.25) is 4.90 Å². The first-order valence-corrected chi connectivity index (χ1v) is 10.9.